The normalized spacial score (nSPS) is 27.3. The molecular formula is C15H20ClN3. The number of nitrogens with zero attached hydrogens (tertiary/aromatic N) is 3. The third kappa shape index (κ3) is 2.04. The number of rotatable bonds is 2. The van der Waals surface area contributed by atoms with Crippen molar-refractivity contribution in [2.45, 2.75) is 45.5 Å². The van der Waals surface area contributed by atoms with E-state index in [1.807, 2.05) is 13.1 Å². The zero-order valence-corrected chi connectivity index (χ0v) is 12.5. The third-order valence-electron chi connectivity index (χ3n) is 4.61. The highest BCUT2D eigenvalue weighted by atomic mass is 35.5. The second-order valence-corrected chi connectivity index (χ2v) is 6.14. The molecule has 2 aromatic rings. The molecule has 0 radical (unpaired) electrons. The number of pyridine rings is 1. The lowest BCUT2D eigenvalue weighted by Gasteiger charge is -2.21. The first kappa shape index (κ1) is 12.9. The SMILES string of the molecule is Cc1cnc2c(c1)nc(CCl)n2C1CCC(C)C1C. The van der Waals surface area contributed by atoms with E-state index >= 15 is 0 Å². The van der Waals surface area contributed by atoms with Gasteiger partial charge in [-0.15, -0.1) is 11.6 Å². The van der Waals surface area contributed by atoms with E-state index in [1.165, 1.54) is 12.8 Å². The quantitative estimate of drug-likeness (QED) is 0.774. The molecule has 0 aromatic carbocycles. The largest absolute Gasteiger partial charge is 0.308 e. The molecule has 3 unspecified atom stereocenters. The van der Waals surface area contributed by atoms with Crippen molar-refractivity contribution in [3.63, 3.8) is 0 Å². The Kier molecular flexibility index (Phi) is 3.25. The average molecular weight is 278 g/mol. The van der Waals surface area contributed by atoms with Gasteiger partial charge in [0.1, 0.15) is 11.3 Å². The van der Waals surface area contributed by atoms with Crippen LogP contribution in [0.3, 0.4) is 0 Å². The summed E-state index contributed by atoms with van der Waals surface area (Å²) in [4.78, 5) is 9.26. The molecule has 3 atom stereocenters. The molecule has 0 saturated heterocycles. The lowest BCUT2D eigenvalue weighted by atomic mass is 9.97. The number of imidazole rings is 1. The van der Waals surface area contributed by atoms with Gasteiger partial charge >= 0.3 is 0 Å². The Hall–Kier alpha value is -1.09. The second kappa shape index (κ2) is 4.78. The summed E-state index contributed by atoms with van der Waals surface area (Å²) in [6.45, 7) is 6.72. The highest BCUT2D eigenvalue weighted by Crippen LogP contribution is 2.41. The summed E-state index contributed by atoms with van der Waals surface area (Å²) in [6, 6.07) is 2.58. The minimum atomic E-state index is 0.451. The van der Waals surface area contributed by atoms with Crippen LogP contribution >= 0.6 is 11.6 Å². The van der Waals surface area contributed by atoms with E-state index in [4.69, 9.17) is 11.6 Å². The van der Waals surface area contributed by atoms with E-state index in [9.17, 15) is 0 Å². The summed E-state index contributed by atoms with van der Waals surface area (Å²) in [6.07, 6.45) is 4.40. The van der Waals surface area contributed by atoms with Crippen molar-refractivity contribution in [3.05, 3.63) is 23.7 Å². The van der Waals surface area contributed by atoms with Gasteiger partial charge in [0, 0.05) is 12.2 Å². The lowest BCUT2D eigenvalue weighted by molar-refractivity contribution is 0.353. The summed E-state index contributed by atoms with van der Waals surface area (Å²) >= 11 is 6.09. The highest BCUT2D eigenvalue weighted by Gasteiger charge is 2.33. The van der Waals surface area contributed by atoms with Crippen molar-refractivity contribution in [2.24, 2.45) is 11.8 Å². The third-order valence-corrected chi connectivity index (χ3v) is 4.85. The van der Waals surface area contributed by atoms with Crippen LogP contribution in [0.5, 0.6) is 0 Å². The number of fused-ring (bicyclic) bond motifs is 1. The van der Waals surface area contributed by atoms with Crippen molar-refractivity contribution in [1.29, 1.82) is 0 Å². The second-order valence-electron chi connectivity index (χ2n) is 5.87. The molecule has 3 rings (SSSR count). The fourth-order valence-corrected chi connectivity index (χ4v) is 3.46. The van der Waals surface area contributed by atoms with E-state index in [1.54, 1.807) is 0 Å². The van der Waals surface area contributed by atoms with E-state index in [0.29, 0.717) is 17.8 Å². The van der Waals surface area contributed by atoms with Crippen molar-refractivity contribution in [2.75, 3.05) is 0 Å². The fourth-order valence-electron chi connectivity index (χ4n) is 3.28. The molecule has 3 nitrogen and oxygen atoms in total. The molecule has 4 heteroatoms. The van der Waals surface area contributed by atoms with E-state index in [2.05, 4.69) is 34.4 Å². The van der Waals surface area contributed by atoms with Crippen LogP contribution in [0.4, 0.5) is 0 Å². The van der Waals surface area contributed by atoms with Gasteiger partial charge in [-0.1, -0.05) is 13.8 Å². The van der Waals surface area contributed by atoms with Crippen molar-refractivity contribution in [3.8, 4) is 0 Å². The number of alkyl halides is 1. The molecule has 1 aliphatic rings. The molecule has 0 N–H and O–H groups in total. The van der Waals surface area contributed by atoms with E-state index < -0.39 is 0 Å². The Morgan fingerprint density at radius 2 is 2.16 bits per heavy atom. The Morgan fingerprint density at radius 3 is 2.79 bits per heavy atom. The highest BCUT2D eigenvalue weighted by molar-refractivity contribution is 6.16. The Morgan fingerprint density at radius 1 is 1.37 bits per heavy atom. The van der Waals surface area contributed by atoms with Crippen LogP contribution in [0.2, 0.25) is 0 Å². The predicted octanol–water partition coefficient (Wildman–Crippen LogP) is 4.09. The number of aryl methyl sites for hydroxylation is 1. The van der Waals surface area contributed by atoms with Gasteiger partial charge in [-0.2, -0.15) is 0 Å². The Balaban J connectivity index is 2.16. The van der Waals surface area contributed by atoms with Crippen molar-refractivity contribution >= 4 is 22.8 Å². The molecule has 1 aliphatic carbocycles. The van der Waals surface area contributed by atoms with E-state index in [0.717, 1.165) is 28.5 Å². The molecule has 0 bridgehead atoms. The lowest BCUT2D eigenvalue weighted by Crippen LogP contribution is -2.17. The van der Waals surface area contributed by atoms with Crippen LogP contribution in [0.15, 0.2) is 12.3 Å². The van der Waals surface area contributed by atoms with Gasteiger partial charge < -0.3 is 4.57 Å². The average Bonchev–Trinajstić information content (AvgIpc) is 2.90. The first-order valence-electron chi connectivity index (χ1n) is 7.01. The molecule has 0 aliphatic heterocycles. The van der Waals surface area contributed by atoms with Crippen LogP contribution in [-0.2, 0) is 5.88 Å². The van der Waals surface area contributed by atoms with Gasteiger partial charge in [-0.25, -0.2) is 9.97 Å². The standard InChI is InChI=1S/C15H20ClN3/c1-9-6-12-15(17-8-9)19(14(7-16)18-12)13-5-4-10(2)11(13)3/h6,8,10-11,13H,4-5,7H2,1-3H3. The maximum atomic E-state index is 6.09. The summed E-state index contributed by atoms with van der Waals surface area (Å²) in [7, 11) is 0. The number of hydrogen-bond acceptors (Lipinski definition) is 2. The molecule has 19 heavy (non-hydrogen) atoms. The van der Waals surface area contributed by atoms with Gasteiger partial charge in [0.25, 0.3) is 0 Å². The maximum Gasteiger partial charge on any atom is 0.160 e. The Labute approximate surface area is 119 Å². The Bertz CT molecular complexity index is 605. The summed E-state index contributed by atoms with van der Waals surface area (Å²) in [5.41, 5.74) is 3.11. The number of aromatic nitrogens is 3. The first-order chi connectivity index (χ1) is 9.11. The predicted molar refractivity (Wildman–Crippen MR) is 78.4 cm³/mol. The summed E-state index contributed by atoms with van der Waals surface area (Å²) in [5, 5.41) is 0. The van der Waals surface area contributed by atoms with Crippen molar-refractivity contribution < 1.29 is 0 Å². The van der Waals surface area contributed by atoms with Gasteiger partial charge in [0.2, 0.25) is 0 Å². The molecule has 1 fully saturated rings. The number of hydrogen-bond donors (Lipinski definition) is 0. The van der Waals surface area contributed by atoms with Crippen molar-refractivity contribution in [1.82, 2.24) is 14.5 Å². The molecule has 2 aromatic heterocycles. The zero-order chi connectivity index (χ0) is 13.6. The topological polar surface area (TPSA) is 30.7 Å². The number of halogens is 1. The first-order valence-corrected chi connectivity index (χ1v) is 7.54. The van der Waals surface area contributed by atoms with E-state index in [-0.39, 0.29) is 0 Å². The summed E-state index contributed by atoms with van der Waals surface area (Å²) in [5.74, 6) is 2.83. The van der Waals surface area contributed by atoms with Crippen LogP contribution < -0.4 is 0 Å². The fraction of sp³-hybridized carbons (Fsp3) is 0.600. The van der Waals surface area contributed by atoms with Gasteiger partial charge in [0.05, 0.1) is 5.88 Å². The maximum absolute atomic E-state index is 6.09. The van der Waals surface area contributed by atoms with Crippen LogP contribution in [0, 0.1) is 18.8 Å². The van der Waals surface area contributed by atoms with Gasteiger partial charge in [-0.05, 0) is 43.2 Å². The molecule has 0 spiro atoms. The van der Waals surface area contributed by atoms with Crippen LogP contribution in [0.1, 0.15) is 44.1 Å². The minimum Gasteiger partial charge on any atom is -0.308 e. The minimum absolute atomic E-state index is 0.451. The molecule has 102 valence electrons. The molecule has 1 saturated carbocycles. The van der Waals surface area contributed by atoms with Crippen LogP contribution in [0.25, 0.3) is 11.2 Å². The molecule has 0 amide bonds. The molecular weight excluding hydrogens is 258 g/mol. The van der Waals surface area contributed by atoms with Gasteiger partial charge in [-0.3, -0.25) is 0 Å². The van der Waals surface area contributed by atoms with Crippen LogP contribution in [-0.4, -0.2) is 14.5 Å². The zero-order valence-electron chi connectivity index (χ0n) is 11.7. The monoisotopic (exact) mass is 277 g/mol. The molecule has 2 heterocycles. The van der Waals surface area contributed by atoms with Gasteiger partial charge in [0.15, 0.2) is 5.65 Å². The summed E-state index contributed by atoms with van der Waals surface area (Å²) < 4.78 is 2.29. The smallest absolute Gasteiger partial charge is 0.160 e.